The van der Waals surface area contributed by atoms with Gasteiger partial charge in [-0.3, -0.25) is 0 Å². The van der Waals surface area contributed by atoms with Gasteiger partial charge in [0.1, 0.15) is 18.0 Å². The topological polar surface area (TPSA) is 129 Å². The van der Waals surface area contributed by atoms with Gasteiger partial charge in [0.2, 0.25) is 5.82 Å². The number of phenolic OH excluding ortho intramolecular Hbond substituents is 1. The number of alkyl halides is 1. The summed E-state index contributed by atoms with van der Waals surface area (Å²) in [5.74, 6) is 1.16. The Bertz CT molecular complexity index is 1290. The van der Waals surface area contributed by atoms with Crippen molar-refractivity contribution < 1.29 is 9.50 Å². The predicted octanol–water partition coefficient (Wildman–Crippen LogP) is 2.36. The van der Waals surface area contributed by atoms with Crippen molar-refractivity contribution in [2.24, 2.45) is 7.05 Å². The molecule has 2 N–H and O–H groups in total. The molecule has 0 radical (unpaired) electrons. The molecule has 2 aromatic heterocycles. The number of phenols is 1. The van der Waals surface area contributed by atoms with Crippen LogP contribution >= 0.6 is 0 Å². The lowest BCUT2D eigenvalue weighted by Gasteiger charge is -2.47. The molecule has 4 heterocycles. The minimum atomic E-state index is -1.05. The molecule has 2 aliphatic rings. The van der Waals surface area contributed by atoms with E-state index in [0.29, 0.717) is 29.2 Å². The van der Waals surface area contributed by atoms with E-state index in [4.69, 9.17) is 5.26 Å². The number of anilines is 1. The van der Waals surface area contributed by atoms with Gasteiger partial charge in [0.15, 0.2) is 17.5 Å². The van der Waals surface area contributed by atoms with E-state index in [2.05, 4.69) is 37.5 Å². The maximum atomic E-state index is 15.4. The number of halogens is 1. The maximum Gasteiger partial charge on any atom is 0.231 e. The average Bonchev–Trinajstić information content (AvgIpc) is 3.33. The number of rotatable bonds is 4. The molecule has 2 aliphatic heterocycles. The number of fused-ring (bicyclic) bond motifs is 2. The standard InChI is InChI=1S/C23H26FN9O/c1-22-7-8-23(2,31-22)19(24)15(10-22)32(3)18-12-26-21(29-28-18)14-6-5-13(9-16(14)34)20-27-17(11-25)33(4)30-20/h5-6,9,12,15,19,31,34H,7-8,10H2,1-4H3/t15-,19-,22-,23+/m1/s1. The van der Waals surface area contributed by atoms with Crippen LogP contribution in [0.25, 0.3) is 22.8 Å². The molecule has 2 bridgehead atoms. The molecule has 0 amide bonds. The Balaban J connectivity index is 1.37. The second-order valence-electron chi connectivity index (χ2n) is 9.75. The second kappa shape index (κ2) is 7.70. The number of nitriles is 1. The third kappa shape index (κ3) is 3.54. The van der Waals surface area contributed by atoms with Crippen molar-refractivity contribution in [2.45, 2.75) is 56.4 Å². The molecule has 0 spiro atoms. The van der Waals surface area contributed by atoms with E-state index in [1.807, 2.05) is 24.9 Å². The number of aryl methyl sites for hydroxylation is 1. The van der Waals surface area contributed by atoms with Crippen molar-refractivity contribution in [2.75, 3.05) is 11.9 Å². The van der Waals surface area contributed by atoms with Crippen molar-refractivity contribution in [1.82, 2.24) is 35.3 Å². The monoisotopic (exact) mass is 463 g/mol. The smallest absolute Gasteiger partial charge is 0.231 e. The third-order valence-electron chi connectivity index (χ3n) is 7.16. The summed E-state index contributed by atoms with van der Waals surface area (Å²) in [4.78, 5) is 10.3. The molecule has 10 nitrogen and oxygen atoms in total. The molecule has 2 saturated heterocycles. The number of aromatic hydroxyl groups is 1. The first kappa shape index (κ1) is 22.2. The fourth-order valence-corrected chi connectivity index (χ4v) is 5.22. The first-order valence-electron chi connectivity index (χ1n) is 11.1. The Labute approximate surface area is 196 Å². The van der Waals surface area contributed by atoms with Crippen LogP contribution in [0.3, 0.4) is 0 Å². The number of piperidine rings is 1. The number of nitrogens with zero attached hydrogens (tertiary/aromatic N) is 8. The molecular weight excluding hydrogens is 437 g/mol. The van der Waals surface area contributed by atoms with E-state index in [-0.39, 0.29) is 29.0 Å². The fourth-order valence-electron chi connectivity index (χ4n) is 5.22. The number of hydrogen-bond donors (Lipinski definition) is 2. The molecule has 3 aromatic rings. The lowest BCUT2D eigenvalue weighted by molar-refractivity contribution is 0.0859. The van der Waals surface area contributed by atoms with Gasteiger partial charge in [0.25, 0.3) is 0 Å². The summed E-state index contributed by atoms with van der Waals surface area (Å²) >= 11 is 0. The predicted molar refractivity (Wildman–Crippen MR) is 123 cm³/mol. The first-order valence-corrected chi connectivity index (χ1v) is 11.1. The molecule has 2 fully saturated rings. The normalized spacial score (nSPS) is 28.0. The fraction of sp³-hybridized carbons (Fsp3) is 0.478. The third-order valence-corrected chi connectivity index (χ3v) is 7.16. The highest BCUT2D eigenvalue weighted by Crippen LogP contribution is 2.45. The van der Waals surface area contributed by atoms with Gasteiger partial charge in [-0.05, 0) is 45.2 Å². The van der Waals surface area contributed by atoms with Gasteiger partial charge in [0, 0.05) is 30.7 Å². The van der Waals surface area contributed by atoms with E-state index in [0.717, 1.165) is 12.8 Å². The van der Waals surface area contributed by atoms with Gasteiger partial charge < -0.3 is 15.3 Å². The van der Waals surface area contributed by atoms with Crippen LogP contribution in [0.5, 0.6) is 5.75 Å². The summed E-state index contributed by atoms with van der Waals surface area (Å²) in [6, 6.07) is 6.48. The van der Waals surface area contributed by atoms with Crippen LogP contribution in [0.1, 0.15) is 38.9 Å². The van der Waals surface area contributed by atoms with E-state index in [9.17, 15) is 5.11 Å². The minimum absolute atomic E-state index is 0.0639. The van der Waals surface area contributed by atoms with Gasteiger partial charge in [-0.15, -0.1) is 10.2 Å². The van der Waals surface area contributed by atoms with Crippen LogP contribution in [0.2, 0.25) is 0 Å². The molecule has 4 atom stereocenters. The Hall–Kier alpha value is -3.65. The Morgan fingerprint density at radius 3 is 2.71 bits per heavy atom. The van der Waals surface area contributed by atoms with Crippen molar-refractivity contribution in [3.8, 4) is 34.6 Å². The number of hydrogen-bond acceptors (Lipinski definition) is 9. The van der Waals surface area contributed by atoms with Gasteiger partial charge in [-0.2, -0.15) is 15.3 Å². The van der Waals surface area contributed by atoms with Crippen molar-refractivity contribution in [1.29, 1.82) is 5.26 Å². The number of nitrogens with one attached hydrogen (secondary N) is 1. The number of benzene rings is 1. The molecule has 0 unspecified atom stereocenters. The van der Waals surface area contributed by atoms with Crippen LogP contribution in [0, 0.1) is 11.3 Å². The van der Waals surface area contributed by atoms with Crippen LogP contribution in [0.4, 0.5) is 10.2 Å². The molecule has 11 heteroatoms. The Morgan fingerprint density at radius 1 is 1.26 bits per heavy atom. The highest BCUT2D eigenvalue weighted by atomic mass is 19.1. The van der Waals surface area contributed by atoms with Crippen LogP contribution in [0.15, 0.2) is 24.4 Å². The highest BCUT2D eigenvalue weighted by Gasteiger charge is 2.56. The second-order valence-corrected chi connectivity index (χ2v) is 9.75. The zero-order chi connectivity index (χ0) is 24.3. The van der Waals surface area contributed by atoms with Crippen LogP contribution in [-0.4, -0.2) is 65.4 Å². The Morgan fingerprint density at radius 2 is 2.06 bits per heavy atom. The molecule has 0 aliphatic carbocycles. The summed E-state index contributed by atoms with van der Waals surface area (Å²) in [6.45, 7) is 4.09. The lowest BCUT2D eigenvalue weighted by Crippen LogP contribution is -2.65. The van der Waals surface area contributed by atoms with Crippen molar-refractivity contribution >= 4 is 5.82 Å². The van der Waals surface area contributed by atoms with E-state index in [1.54, 1.807) is 25.4 Å². The quantitative estimate of drug-likeness (QED) is 0.599. The molecule has 1 aromatic carbocycles. The van der Waals surface area contributed by atoms with E-state index >= 15 is 4.39 Å². The SMILES string of the molecule is CN(c1cnc(-c2ccc(-c3nc(C#N)n(C)n3)cc2O)nn1)[C@@H]1C[C@@]2(C)CC[C@](C)(N2)[C@@H]1F. The lowest BCUT2D eigenvalue weighted by atomic mass is 9.82. The van der Waals surface area contributed by atoms with Gasteiger partial charge in [-0.25, -0.2) is 14.1 Å². The minimum Gasteiger partial charge on any atom is -0.507 e. The van der Waals surface area contributed by atoms with Gasteiger partial charge >= 0.3 is 0 Å². The number of aromatic nitrogens is 6. The largest absolute Gasteiger partial charge is 0.507 e. The highest BCUT2D eigenvalue weighted by molar-refractivity contribution is 5.70. The van der Waals surface area contributed by atoms with Crippen molar-refractivity contribution in [3.05, 3.63) is 30.2 Å². The molecule has 176 valence electrons. The molecule has 0 saturated carbocycles. The maximum absolute atomic E-state index is 15.4. The van der Waals surface area contributed by atoms with Crippen LogP contribution in [-0.2, 0) is 7.05 Å². The zero-order valence-corrected chi connectivity index (χ0v) is 19.5. The summed E-state index contributed by atoms with van der Waals surface area (Å²) in [5, 5.41) is 35.8. The first-order chi connectivity index (χ1) is 16.1. The summed E-state index contributed by atoms with van der Waals surface area (Å²) < 4.78 is 16.8. The summed E-state index contributed by atoms with van der Waals surface area (Å²) in [7, 11) is 3.45. The summed E-state index contributed by atoms with van der Waals surface area (Å²) in [5.41, 5.74) is 0.307. The Kier molecular flexibility index (Phi) is 5.02. The van der Waals surface area contributed by atoms with Crippen LogP contribution < -0.4 is 10.2 Å². The molecular formula is C23H26FN9O. The molecule has 5 rings (SSSR count). The van der Waals surface area contributed by atoms with Gasteiger partial charge in [0.05, 0.1) is 17.8 Å². The zero-order valence-electron chi connectivity index (χ0n) is 19.5. The summed E-state index contributed by atoms with van der Waals surface area (Å²) in [6.07, 6.45) is 2.92. The molecule has 34 heavy (non-hydrogen) atoms. The average molecular weight is 464 g/mol. The van der Waals surface area contributed by atoms with E-state index in [1.165, 1.54) is 10.7 Å². The van der Waals surface area contributed by atoms with E-state index < -0.39 is 11.7 Å². The van der Waals surface area contributed by atoms with Crippen molar-refractivity contribution in [3.63, 3.8) is 0 Å². The van der Waals surface area contributed by atoms with Gasteiger partial charge in [-0.1, -0.05) is 6.07 Å².